The minimum atomic E-state index is -0.755. The third-order valence-electron chi connectivity index (χ3n) is 1.57. The predicted octanol–water partition coefficient (Wildman–Crippen LogP) is 1.83. The molecule has 0 amide bonds. The molecule has 0 rings (SSSR count). The molecule has 0 aromatic rings. The number of carboxylic acid groups (broad SMARTS) is 1. The molecule has 0 fully saturated rings. The lowest BCUT2D eigenvalue weighted by molar-refractivity contribution is -0.139. The average molecular weight is 219 g/mol. The Labute approximate surface area is 90.7 Å². The lowest BCUT2D eigenvalue weighted by atomic mass is 10.3. The fraction of sp³-hybridized carbons (Fsp3) is 0.900. The van der Waals surface area contributed by atoms with Gasteiger partial charge in [0.15, 0.2) is 0 Å². The van der Waals surface area contributed by atoms with E-state index in [1.165, 1.54) is 0 Å². The number of nitrogens with one attached hydrogen (secondary N) is 1. The van der Waals surface area contributed by atoms with Gasteiger partial charge in [0.1, 0.15) is 6.04 Å². The second kappa shape index (κ2) is 7.12. The third kappa shape index (κ3) is 7.21. The van der Waals surface area contributed by atoms with Gasteiger partial charge in [0.05, 0.1) is 0 Å². The van der Waals surface area contributed by atoms with Crippen LogP contribution < -0.4 is 5.32 Å². The summed E-state index contributed by atoms with van der Waals surface area (Å²) in [6, 6.07) is -0.200. The van der Waals surface area contributed by atoms with Gasteiger partial charge in [-0.1, -0.05) is 27.7 Å². The molecule has 0 spiro atoms. The molecule has 0 bridgehead atoms. The minimum absolute atomic E-state index is 0.218. The van der Waals surface area contributed by atoms with Crippen molar-refractivity contribution in [3.05, 3.63) is 0 Å². The van der Waals surface area contributed by atoms with E-state index in [1.54, 1.807) is 11.8 Å². The second-order valence-corrected chi connectivity index (χ2v) is 5.22. The molecule has 0 aromatic heterocycles. The highest BCUT2D eigenvalue weighted by Crippen LogP contribution is 2.09. The number of hydrogen-bond donors (Lipinski definition) is 2. The van der Waals surface area contributed by atoms with Crippen LogP contribution in [-0.4, -0.2) is 34.7 Å². The molecule has 0 aliphatic carbocycles. The number of thioether (sulfide) groups is 1. The highest BCUT2D eigenvalue weighted by Gasteiger charge is 2.17. The summed E-state index contributed by atoms with van der Waals surface area (Å²) in [5.74, 6) is 1.53. The van der Waals surface area contributed by atoms with Gasteiger partial charge in [-0.2, -0.15) is 11.8 Å². The first-order valence-corrected chi connectivity index (χ1v) is 6.15. The van der Waals surface area contributed by atoms with E-state index in [-0.39, 0.29) is 6.04 Å². The molecule has 0 saturated carbocycles. The molecule has 14 heavy (non-hydrogen) atoms. The van der Waals surface area contributed by atoms with Crippen molar-refractivity contribution >= 4 is 17.7 Å². The Balaban J connectivity index is 3.80. The Morgan fingerprint density at radius 2 is 1.86 bits per heavy atom. The maximum absolute atomic E-state index is 10.8. The van der Waals surface area contributed by atoms with E-state index < -0.39 is 12.0 Å². The van der Waals surface area contributed by atoms with Crippen molar-refractivity contribution < 1.29 is 9.90 Å². The number of aliphatic carboxylic acids is 1. The average Bonchev–Trinajstić information content (AvgIpc) is 2.00. The Morgan fingerprint density at radius 1 is 1.29 bits per heavy atom. The van der Waals surface area contributed by atoms with Crippen LogP contribution in [0.15, 0.2) is 0 Å². The van der Waals surface area contributed by atoms with E-state index in [9.17, 15) is 4.79 Å². The maximum atomic E-state index is 10.8. The Kier molecular flexibility index (Phi) is 7.01. The van der Waals surface area contributed by atoms with Crippen LogP contribution >= 0.6 is 11.8 Å². The van der Waals surface area contributed by atoms with E-state index in [4.69, 9.17) is 5.11 Å². The fourth-order valence-corrected chi connectivity index (χ4v) is 2.10. The molecule has 1 atom stereocenters. The Morgan fingerprint density at radius 3 is 2.21 bits per heavy atom. The quantitative estimate of drug-likeness (QED) is 0.686. The number of carbonyl (C=O) groups is 1. The molecule has 2 N–H and O–H groups in total. The summed E-state index contributed by atoms with van der Waals surface area (Å²) in [4.78, 5) is 10.8. The first kappa shape index (κ1) is 13.8. The Bertz CT molecular complexity index is 172. The van der Waals surface area contributed by atoms with E-state index in [1.807, 2.05) is 13.8 Å². The lowest BCUT2D eigenvalue weighted by Crippen LogP contribution is -2.42. The Hall–Kier alpha value is -0.220. The summed E-state index contributed by atoms with van der Waals surface area (Å²) in [5.41, 5.74) is 0. The third-order valence-corrected chi connectivity index (χ3v) is 3.04. The SMILES string of the molecule is CC(C)CSCC(NC(C)C)C(=O)O. The molecule has 0 radical (unpaired) electrons. The predicted molar refractivity (Wildman–Crippen MR) is 61.9 cm³/mol. The van der Waals surface area contributed by atoms with Crippen LogP contribution in [0.4, 0.5) is 0 Å². The van der Waals surface area contributed by atoms with Crippen LogP contribution in [0.3, 0.4) is 0 Å². The summed E-state index contributed by atoms with van der Waals surface area (Å²) in [5, 5.41) is 11.9. The lowest BCUT2D eigenvalue weighted by Gasteiger charge is -2.17. The molecule has 0 aromatic carbocycles. The number of rotatable bonds is 7. The summed E-state index contributed by atoms with van der Waals surface area (Å²) < 4.78 is 0. The van der Waals surface area contributed by atoms with Gasteiger partial charge >= 0.3 is 5.97 Å². The molecule has 84 valence electrons. The molecule has 0 aliphatic rings. The molecular weight excluding hydrogens is 198 g/mol. The van der Waals surface area contributed by atoms with Crippen molar-refractivity contribution in [2.75, 3.05) is 11.5 Å². The highest BCUT2D eigenvalue weighted by atomic mass is 32.2. The van der Waals surface area contributed by atoms with Crippen molar-refractivity contribution in [2.45, 2.75) is 39.8 Å². The van der Waals surface area contributed by atoms with Crippen LogP contribution in [0.1, 0.15) is 27.7 Å². The molecule has 0 heterocycles. The van der Waals surface area contributed by atoms with E-state index >= 15 is 0 Å². The normalized spacial score (nSPS) is 13.6. The number of hydrogen-bond acceptors (Lipinski definition) is 3. The molecule has 0 saturated heterocycles. The first-order chi connectivity index (χ1) is 6.43. The van der Waals surface area contributed by atoms with Gasteiger partial charge in [0, 0.05) is 11.8 Å². The fourth-order valence-electron chi connectivity index (χ4n) is 1.01. The number of carboxylic acids is 1. The van der Waals surface area contributed by atoms with E-state index in [0.29, 0.717) is 11.7 Å². The van der Waals surface area contributed by atoms with Crippen LogP contribution in [0.5, 0.6) is 0 Å². The molecular formula is C10H21NO2S. The monoisotopic (exact) mass is 219 g/mol. The summed E-state index contributed by atoms with van der Waals surface area (Å²) in [6.07, 6.45) is 0. The van der Waals surface area contributed by atoms with Crippen molar-refractivity contribution in [2.24, 2.45) is 5.92 Å². The molecule has 3 nitrogen and oxygen atoms in total. The van der Waals surface area contributed by atoms with E-state index in [2.05, 4.69) is 19.2 Å². The second-order valence-electron chi connectivity index (χ2n) is 4.14. The minimum Gasteiger partial charge on any atom is -0.480 e. The van der Waals surface area contributed by atoms with Gasteiger partial charge in [0.2, 0.25) is 0 Å². The van der Waals surface area contributed by atoms with Crippen molar-refractivity contribution in [3.63, 3.8) is 0 Å². The summed E-state index contributed by atoms with van der Waals surface area (Å²) >= 11 is 1.70. The van der Waals surface area contributed by atoms with Crippen molar-refractivity contribution in [3.8, 4) is 0 Å². The molecule has 0 aliphatic heterocycles. The topological polar surface area (TPSA) is 49.3 Å². The largest absolute Gasteiger partial charge is 0.480 e. The molecule has 4 heteroatoms. The van der Waals surface area contributed by atoms with Gasteiger partial charge in [-0.05, 0) is 11.7 Å². The standard InChI is InChI=1S/C10H21NO2S/c1-7(2)5-14-6-9(10(12)13)11-8(3)4/h7-9,11H,5-6H2,1-4H3,(H,12,13). The van der Waals surface area contributed by atoms with Gasteiger partial charge in [-0.3, -0.25) is 4.79 Å². The van der Waals surface area contributed by atoms with Crippen molar-refractivity contribution in [1.29, 1.82) is 0 Å². The van der Waals surface area contributed by atoms with Gasteiger partial charge in [-0.15, -0.1) is 0 Å². The summed E-state index contributed by atoms with van der Waals surface area (Å²) in [7, 11) is 0. The van der Waals surface area contributed by atoms with Gasteiger partial charge in [-0.25, -0.2) is 0 Å². The van der Waals surface area contributed by atoms with E-state index in [0.717, 1.165) is 5.75 Å². The van der Waals surface area contributed by atoms with Crippen LogP contribution in [0, 0.1) is 5.92 Å². The van der Waals surface area contributed by atoms with Gasteiger partial charge < -0.3 is 10.4 Å². The smallest absolute Gasteiger partial charge is 0.321 e. The highest BCUT2D eigenvalue weighted by molar-refractivity contribution is 7.99. The van der Waals surface area contributed by atoms with Crippen LogP contribution in [0.25, 0.3) is 0 Å². The zero-order valence-corrected chi connectivity index (χ0v) is 10.2. The first-order valence-electron chi connectivity index (χ1n) is 5.00. The van der Waals surface area contributed by atoms with Crippen LogP contribution in [-0.2, 0) is 4.79 Å². The van der Waals surface area contributed by atoms with Crippen LogP contribution in [0.2, 0.25) is 0 Å². The van der Waals surface area contributed by atoms with Crippen molar-refractivity contribution in [1.82, 2.24) is 5.32 Å². The maximum Gasteiger partial charge on any atom is 0.321 e. The summed E-state index contributed by atoms with van der Waals surface area (Å²) in [6.45, 7) is 8.20. The molecule has 1 unspecified atom stereocenters. The van der Waals surface area contributed by atoms with Gasteiger partial charge in [0.25, 0.3) is 0 Å². The zero-order chi connectivity index (χ0) is 11.1. The zero-order valence-electron chi connectivity index (χ0n) is 9.41.